The Morgan fingerprint density at radius 2 is 2.15 bits per heavy atom. The topological polar surface area (TPSA) is 55.1 Å². The van der Waals surface area contributed by atoms with E-state index in [9.17, 15) is 0 Å². The fourth-order valence-corrected chi connectivity index (χ4v) is 2.61. The maximum Gasteiger partial charge on any atom is 0.140 e. The van der Waals surface area contributed by atoms with E-state index in [1.54, 1.807) is 7.11 Å². The molecule has 5 heteroatoms. The number of nitriles is 1. The summed E-state index contributed by atoms with van der Waals surface area (Å²) in [5.74, 6) is 1.49. The van der Waals surface area contributed by atoms with Crippen LogP contribution >= 0.6 is 11.3 Å². The molecule has 2 aromatic rings. The van der Waals surface area contributed by atoms with Gasteiger partial charge in [-0.25, -0.2) is 4.98 Å². The van der Waals surface area contributed by atoms with Gasteiger partial charge in [-0.15, -0.1) is 11.3 Å². The molecule has 0 N–H and O–H groups in total. The minimum atomic E-state index is 0.371. The number of ether oxygens (including phenoxy) is 2. The Kier molecular flexibility index (Phi) is 4.97. The molecule has 1 heterocycles. The van der Waals surface area contributed by atoms with Crippen molar-refractivity contribution >= 4 is 11.3 Å². The largest absolute Gasteiger partial charge is 0.497 e. The van der Waals surface area contributed by atoms with Crippen LogP contribution in [-0.2, 0) is 13.0 Å². The molecule has 0 amide bonds. The van der Waals surface area contributed by atoms with Crippen molar-refractivity contribution in [1.29, 1.82) is 5.26 Å². The molecule has 0 aliphatic carbocycles. The molecule has 104 valence electrons. The van der Waals surface area contributed by atoms with Gasteiger partial charge in [0.05, 0.1) is 12.8 Å². The first-order chi connectivity index (χ1) is 9.76. The molecule has 0 aliphatic rings. The van der Waals surface area contributed by atoms with Crippen molar-refractivity contribution in [3.8, 4) is 17.6 Å². The lowest BCUT2D eigenvalue weighted by Crippen LogP contribution is -1.96. The highest BCUT2D eigenvalue weighted by molar-refractivity contribution is 7.12. The van der Waals surface area contributed by atoms with Crippen molar-refractivity contribution in [2.75, 3.05) is 7.11 Å². The zero-order valence-electron chi connectivity index (χ0n) is 11.5. The Labute approximate surface area is 122 Å². The fraction of sp³-hybridized carbons (Fsp3) is 0.333. The highest BCUT2D eigenvalue weighted by Crippen LogP contribution is 2.23. The SMILES string of the molecule is CCCc1nc(COc2cccc(OC)c2)sc1C#N. The van der Waals surface area contributed by atoms with Crippen LogP contribution in [0.4, 0.5) is 0 Å². The van der Waals surface area contributed by atoms with Gasteiger partial charge in [-0.3, -0.25) is 0 Å². The minimum Gasteiger partial charge on any atom is -0.497 e. The van der Waals surface area contributed by atoms with Gasteiger partial charge in [0.1, 0.15) is 34.1 Å². The zero-order valence-corrected chi connectivity index (χ0v) is 12.4. The fourth-order valence-electron chi connectivity index (χ4n) is 1.79. The van der Waals surface area contributed by atoms with Gasteiger partial charge in [0.25, 0.3) is 0 Å². The van der Waals surface area contributed by atoms with Crippen molar-refractivity contribution in [2.45, 2.75) is 26.4 Å². The number of aryl methyl sites for hydroxylation is 1. The van der Waals surface area contributed by atoms with Crippen LogP contribution in [0.3, 0.4) is 0 Å². The van der Waals surface area contributed by atoms with Gasteiger partial charge in [0.2, 0.25) is 0 Å². The standard InChI is InChI=1S/C15H16N2O2S/c1-3-5-13-14(9-16)20-15(17-13)10-19-12-7-4-6-11(8-12)18-2/h4,6-8H,3,5,10H2,1-2H3. The van der Waals surface area contributed by atoms with E-state index in [1.165, 1.54) is 11.3 Å². The van der Waals surface area contributed by atoms with Crippen LogP contribution in [0, 0.1) is 11.3 Å². The molecule has 0 aliphatic heterocycles. The maximum atomic E-state index is 9.08. The molecule has 0 fully saturated rings. The molecule has 0 atom stereocenters. The van der Waals surface area contributed by atoms with Crippen LogP contribution in [0.2, 0.25) is 0 Å². The molecule has 20 heavy (non-hydrogen) atoms. The third-order valence-electron chi connectivity index (χ3n) is 2.73. The van der Waals surface area contributed by atoms with E-state index < -0.39 is 0 Å². The van der Waals surface area contributed by atoms with E-state index >= 15 is 0 Å². The van der Waals surface area contributed by atoms with E-state index in [0.29, 0.717) is 11.5 Å². The smallest absolute Gasteiger partial charge is 0.140 e. The molecular formula is C15H16N2O2S. The maximum absolute atomic E-state index is 9.08. The summed E-state index contributed by atoms with van der Waals surface area (Å²) in [4.78, 5) is 5.16. The van der Waals surface area contributed by atoms with Gasteiger partial charge >= 0.3 is 0 Å². The van der Waals surface area contributed by atoms with Gasteiger partial charge < -0.3 is 9.47 Å². The Balaban J connectivity index is 2.05. The summed E-state index contributed by atoms with van der Waals surface area (Å²) >= 11 is 1.40. The van der Waals surface area contributed by atoms with Gasteiger partial charge in [0.15, 0.2) is 0 Å². The van der Waals surface area contributed by atoms with E-state index in [0.717, 1.165) is 35.0 Å². The van der Waals surface area contributed by atoms with Gasteiger partial charge in [-0.05, 0) is 18.6 Å². The first-order valence-electron chi connectivity index (χ1n) is 6.42. The molecule has 0 spiro atoms. The number of hydrogen-bond donors (Lipinski definition) is 0. The number of rotatable bonds is 6. The Bertz CT molecular complexity index is 617. The summed E-state index contributed by atoms with van der Waals surface area (Å²) in [5, 5.41) is 9.90. The predicted molar refractivity (Wildman–Crippen MR) is 78.2 cm³/mol. The monoisotopic (exact) mass is 288 g/mol. The lowest BCUT2D eigenvalue weighted by atomic mass is 10.2. The van der Waals surface area contributed by atoms with Crippen molar-refractivity contribution in [3.05, 3.63) is 39.8 Å². The molecule has 0 saturated carbocycles. The third kappa shape index (κ3) is 3.49. The Hall–Kier alpha value is -2.06. The van der Waals surface area contributed by atoms with Crippen LogP contribution in [0.1, 0.15) is 28.9 Å². The van der Waals surface area contributed by atoms with Crippen LogP contribution in [0.25, 0.3) is 0 Å². The lowest BCUT2D eigenvalue weighted by molar-refractivity contribution is 0.303. The Morgan fingerprint density at radius 3 is 2.85 bits per heavy atom. The molecule has 2 rings (SSSR count). The van der Waals surface area contributed by atoms with Gasteiger partial charge in [-0.2, -0.15) is 5.26 Å². The van der Waals surface area contributed by atoms with Gasteiger partial charge in [0, 0.05) is 6.07 Å². The number of hydrogen-bond acceptors (Lipinski definition) is 5. The second-order valence-corrected chi connectivity index (χ2v) is 5.30. The molecule has 0 unspecified atom stereocenters. The average Bonchev–Trinajstić information content (AvgIpc) is 2.88. The molecule has 4 nitrogen and oxygen atoms in total. The molecule has 0 bridgehead atoms. The normalized spacial score (nSPS) is 10.1. The highest BCUT2D eigenvalue weighted by Gasteiger charge is 2.10. The predicted octanol–water partition coefficient (Wildman–Crippen LogP) is 3.55. The third-order valence-corrected chi connectivity index (χ3v) is 3.71. The molecular weight excluding hydrogens is 272 g/mol. The van der Waals surface area contributed by atoms with Crippen molar-refractivity contribution < 1.29 is 9.47 Å². The van der Waals surface area contributed by atoms with Crippen LogP contribution in [0.15, 0.2) is 24.3 Å². The summed E-state index contributed by atoms with van der Waals surface area (Å²) < 4.78 is 10.8. The van der Waals surface area contributed by atoms with Crippen molar-refractivity contribution in [1.82, 2.24) is 4.98 Å². The number of benzene rings is 1. The number of methoxy groups -OCH3 is 1. The first-order valence-corrected chi connectivity index (χ1v) is 7.24. The van der Waals surface area contributed by atoms with Crippen LogP contribution in [-0.4, -0.2) is 12.1 Å². The van der Waals surface area contributed by atoms with E-state index in [4.69, 9.17) is 14.7 Å². The lowest BCUT2D eigenvalue weighted by Gasteiger charge is -2.05. The molecule has 1 aromatic carbocycles. The number of aromatic nitrogens is 1. The second kappa shape index (κ2) is 6.92. The quantitative estimate of drug-likeness (QED) is 0.815. The second-order valence-electron chi connectivity index (χ2n) is 4.21. The summed E-state index contributed by atoms with van der Waals surface area (Å²) in [6, 6.07) is 9.63. The van der Waals surface area contributed by atoms with Crippen LogP contribution < -0.4 is 9.47 Å². The summed E-state index contributed by atoms with van der Waals surface area (Å²) in [6.07, 6.45) is 1.81. The van der Waals surface area contributed by atoms with E-state index in [1.807, 2.05) is 24.3 Å². The number of nitrogens with zero attached hydrogens (tertiary/aromatic N) is 2. The first kappa shape index (κ1) is 14.4. The number of thiazole rings is 1. The van der Waals surface area contributed by atoms with Gasteiger partial charge in [-0.1, -0.05) is 19.4 Å². The summed E-state index contributed by atoms with van der Waals surface area (Å²) in [7, 11) is 1.62. The van der Waals surface area contributed by atoms with E-state index in [-0.39, 0.29) is 0 Å². The Morgan fingerprint density at radius 1 is 1.35 bits per heavy atom. The molecule has 1 aromatic heterocycles. The molecule has 0 radical (unpaired) electrons. The zero-order chi connectivity index (χ0) is 14.4. The minimum absolute atomic E-state index is 0.371. The summed E-state index contributed by atoms with van der Waals surface area (Å²) in [6.45, 7) is 2.45. The van der Waals surface area contributed by atoms with Crippen molar-refractivity contribution in [2.24, 2.45) is 0 Å². The average molecular weight is 288 g/mol. The summed E-state index contributed by atoms with van der Waals surface area (Å²) in [5.41, 5.74) is 0.879. The molecule has 0 saturated heterocycles. The van der Waals surface area contributed by atoms with E-state index in [2.05, 4.69) is 18.0 Å². The van der Waals surface area contributed by atoms with Crippen molar-refractivity contribution in [3.63, 3.8) is 0 Å². The highest BCUT2D eigenvalue weighted by atomic mass is 32.1. The van der Waals surface area contributed by atoms with Crippen LogP contribution in [0.5, 0.6) is 11.5 Å².